The van der Waals surface area contributed by atoms with Crippen LogP contribution in [-0.2, 0) is 26.2 Å². The molecular weight excluding hydrogens is 580 g/mol. The van der Waals surface area contributed by atoms with E-state index in [1.807, 2.05) is 103 Å². The zero-order valence-corrected chi connectivity index (χ0v) is 25.5. The summed E-state index contributed by atoms with van der Waals surface area (Å²) in [7, 11) is 0. The van der Waals surface area contributed by atoms with Crippen LogP contribution < -0.4 is 25.3 Å². The Kier molecular flexibility index (Phi) is 11.3. The molecule has 236 valence electrons. The van der Waals surface area contributed by atoms with Crippen LogP contribution in [0.5, 0.6) is 23.0 Å². The number of hydrogen-bond donors (Lipinski definition) is 4. The maximum absolute atomic E-state index is 11.5. The first-order valence-corrected chi connectivity index (χ1v) is 15.1. The monoisotopic (exact) mass is 618 g/mol. The summed E-state index contributed by atoms with van der Waals surface area (Å²) >= 11 is 0. The largest absolute Gasteiger partial charge is 0.507 e. The van der Waals surface area contributed by atoms with Crippen LogP contribution in [-0.4, -0.2) is 29.3 Å². The Morgan fingerprint density at radius 1 is 0.696 bits per heavy atom. The van der Waals surface area contributed by atoms with Crippen LogP contribution in [0.15, 0.2) is 121 Å². The number of aliphatic hydroxyl groups excluding tert-OH is 1. The molecule has 5 N–H and O–H groups in total. The summed E-state index contributed by atoms with van der Waals surface area (Å²) in [6, 6.07) is 37.8. The molecule has 0 aliphatic heterocycles. The highest BCUT2D eigenvalue weighted by atomic mass is 16.5. The second kappa shape index (κ2) is 16.1. The predicted molar refractivity (Wildman–Crippen MR) is 177 cm³/mol. The van der Waals surface area contributed by atoms with Gasteiger partial charge >= 0.3 is 0 Å². The van der Waals surface area contributed by atoms with E-state index >= 15 is 0 Å². The minimum absolute atomic E-state index is 0.0149. The van der Waals surface area contributed by atoms with Gasteiger partial charge in [0, 0.05) is 25.6 Å². The van der Waals surface area contributed by atoms with E-state index in [9.17, 15) is 15.0 Å². The molecule has 1 unspecified atom stereocenters. The first kappa shape index (κ1) is 32.1. The molecule has 1 amide bonds. The van der Waals surface area contributed by atoms with Crippen molar-refractivity contribution < 1.29 is 29.2 Å². The van der Waals surface area contributed by atoms with Gasteiger partial charge in [-0.05, 0) is 58.1 Å². The van der Waals surface area contributed by atoms with Crippen LogP contribution in [0.3, 0.4) is 0 Å². The average Bonchev–Trinajstić information content (AvgIpc) is 3.08. The van der Waals surface area contributed by atoms with Crippen LogP contribution >= 0.6 is 0 Å². The number of aliphatic hydroxyl groups is 1. The van der Waals surface area contributed by atoms with E-state index in [1.54, 1.807) is 6.07 Å². The number of nitrogens with two attached hydrogens (primary N) is 1. The number of aromatic hydroxyl groups is 1. The maximum atomic E-state index is 11.5. The number of carbonyl (C=O) groups excluding carboxylic acids is 1. The predicted octanol–water partition coefficient (Wildman–Crippen LogP) is 6.09. The van der Waals surface area contributed by atoms with Gasteiger partial charge in [0.05, 0.1) is 11.7 Å². The van der Waals surface area contributed by atoms with Gasteiger partial charge in [-0.25, -0.2) is 0 Å². The number of amides is 1. The first-order valence-electron chi connectivity index (χ1n) is 15.1. The fourth-order valence-corrected chi connectivity index (χ4v) is 4.96. The standard InChI is InChI=1S/C38H38N2O6/c39-38(43)35-23-32(15-16-36(35)41)44-18-17-40-24-30-14-8-7-13-29(30)21-37(42)31-19-33(45-25-27-9-3-1-4-10-27)22-34(20-31)46-26-28-11-5-2-6-12-28/h1-16,19-20,22-23,37,40-42H,17-18,21,24-26H2,(H2,39,43). The molecule has 0 spiro atoms. The molecule has 5 aromatic carbocycles. The van der Waals surface area contributed by atoms with Gasteiger partial charge in [-0.1, -0.05) is 84.9 Å². The van der Waals surface area contributed by atoms with Crippen LogP contribution in [0.25, 0.3) is 0 Å². The van der Waals surface area contributed by atoms with Gasteiger partial charge in [0.25, 0.3) is 5.91 Å². The maximum Gasteiger partial charge on any atom is 0.252 e. The quantitative estimate of drug-likeness (QED) is 0.0987. The lowest BCUT2D eigenvalue weighted by Crippen LogP contribution is -2.21. The first-order chi connectivity index (χ1) is 22.4. The van der Waals surface area contributed by atoms with Crippen molar-refractivity contribution >= 4 is 5.91 Å². The van der Waals surface area contributed by atoms with E-state index in [1.165, 1.54) is 12.1 Å². The molecule has 0 heterocycles. The number of hydrogen-bond acceptors (Lipinski definition) is 7. The minimum Gasteiger partial charge on any atom is -0.507 e. The third-order valence-electron chi connectivity index (χ3n) is 7.41. The summed E-state index contributed by atoms with van der Waals surface area (Å²) in [4.78, 5) is 11.5. The van der Waals surface area contributed by atoms with E-state index < -0.39 is 12.0 Å². The van der Waals surface area contributed by atoms with E-state index in [-0.39, 0.29) is 11.3 Å². The number of nitrogens with one attached hydrogen (secondary N) is 1. The van der Waals surface area contributed by atoms with Crippen molar-refractivity contribution in [1.82, 2.24) is 5.32 Å². The lowest BCUT2D eigenvalue weighted by molar-refractivity contribution is 0.0997. The van der Waals surface area contributed by atoms with Gasteiger partial charge in [0.15, 0.2) is 0 Å². The Bertz CT molecular complexity index is 1650. The molecule has 0 radical (unpaired) electrons. The van der Waals surface area contributed by atoms with Crippen molar-refractivity contribution in [2.45, 2.75) is 32.3 Å². The molecular formula is C38H38N2O6. The molecule has 46 heavy (non-hydrogen) atoms. The van der Waals surface area contributed by atoms with Crippen molar-refractivity contribution in [3.63, 3.8) is 0 Å². The molecule has 5 rings (SSSR count). The van der Waals surface area contributed by atoms with E-state index in [0.717, 1.165) is 22.3 Å². The fourth-order valence-electron chi connectivity index (χ4n) is 4.96. The summed E-state index contributed by atoms with van der Waals surface area (Å²) in [5.74, 6) is 0.783. The summed E-state index contributed by atoms with van der Waals surface area (Å²) in [6.45, 7) is 2.24. The lowest BCUT2D eigenvalue weighted by Gasteiger charge is -2.18. The molecule has 0 aliphatic carbocycles. The van der Waals surface area contributed by atoms with Crippen molar-refractivity contribution in [2.24, 2.45) is 5.73 Å². The summed E-state index contributed by atoms with van der Waals surface area (Å²) in [5, 5.41) is 24.6. The van der Waals surface area contributed by atoms with Crippen molar-refractivity contribution in [3.8, 4) is 23.0 Å². The van der Waals surface area contributed by atoms with Crippen LogP contribution in [0.1, 0.15) is 44.3 Å². The normalized spacial score (nSPS) is 11.5. The Morgan fingerprint density at radius 3 is 1.89 bits per heavy atom. The van der Waals surface area contributed by atoms with Crippen LogP contribution in [0.4, 0.5) is 0 Å². The van der Waals surface area contributed by atoms with Crippen LogP contribution in [0, 0.1) is 0 Å². The van der Waals surface area contributed by atoms with Crippen molar-refractivity contribution in [1.29, 1.82) is 0 Å². The fraction of sp³-hybridized carbons (Fsp3) is 0.184. The van der Waals surface area contributed by atoms with Gasteiger partial charge in [-0.15, -0.1) is 0 Å². The third-order valence-corrected chi connectivity index (χ3v) is 7.41. The van der Waals surface area contributed by atoms with E-state index in [0.29, 0.717) is 62.1 Å². The van der Waals surface area contributed by atoms with E-state index in [4.69, 9.17) is 19.9 Å². The van der Waals surface area contributed by atoms with Gasteiger partial charge in [0.2, 0.25) is 0 Å². The molecule has 0 bridgehead atoms. The topological polar surface area (TPSA) is 123 Å². The molecule has 5 aromatic rings. The second-order valence-electron chi connectivity index (χ2n) is 10.8. The van der Waals surface area contributed by atoms with Gasteiger partial charge in [0.1, 0.15) is 42.8 Å². The minimum atomic E-state index is -0.794. The van der Waals surface area contributed by atoms with Crippen molar-refractivity contribution in [2.75, 3.05) is 13.2 Å². The molecule has 0 fully saturated rings. The molecule has 1 atom stereocenters. The highest BCUT2D eigenvalue weighted by molar-refractivity contribution is 5.95. The highest BCUT2D eigenvalue weighted by Gasteiger charge is 2.15. The number of ether oxygens (including phenoxy) is 3. The Balaban J connectivity index is 1.22. The van der Waals surface area contributed by atoms with Gasteiger partial charge in [-0.2, -0.15) is 0 Å². The van der Waals surface area contributed by atoms with Crippen LogP contribution in [0.2, 0.25) is 0 Å². The molecule has 8 heteroatoms. The highest BCUT2D eigenvalue weighted by Crippen LogP contribution is 2.30. The average molecular weight is 619 g/mol. The van der Waals surface area contributed by atoms with E-state index in [2.05, 4.69) is 5.32 Å². The lowest BCUT2D eigenvalue weighted by atomic mass is 9.97. The Morgan fingerprint density at radius 2 is 1.28 bits per heavy atom. The summed E-state index contributed by atoms with van der Waals surface area (Å²) in [6.07, 6.45) is -0.393. The smallest absolute Gasteiger partial charge is 0.252 e. The second-order valence-corrected chi connectivity index (χ2v) is 10.8. The Hall–Kier alpha value is -5.31. The number of carbonyl (C=O) groups is 1. The molecule has 8 nitrogen and oxygen atoms in total. The summed E-state index contributed by atoms with van der Waals surface area (Å²) in [5.41, 5.74) is 10.2. The molecule has 0 saturated heterocycles. The zero-order chi connectivity index (χ0) is 32.1. The number of rotatable bonds is 16. The number of benzene rings is 5. The Labute approximate surface area is 269 Å². The molecule has 0 aliphatic rings. The molecule has 0 saturated carbocycles. The number of phenols is 1. The number of primary amides is 1. The SMILES string of the molecule is NC(=O)c1cc(OCCNCc2ccccc2CC(O)c2cc(OCc3ccccc3)cc(OCc3ccccc3)c2)ccc1O. The van der Waals surface area contributed by atoms with Gasteiger partial charge in [-0.3, -0.25) is 4.79 Å². The van der Waals surface area contributed by atoms with Gasteiger partial charge < -0.3 is 35.5 Å². The zero-order valence-electron chi connectivity index (χ0n) is 25.5. The summed E-state index contributed by atoms with van der Waals surface area (Å²) < 4.78 is 18.0. The third kappa shape index (κ3) is 9.34. The molecule has 0 aromatic heterocycles. The van der Waals surface area contributed by atoms with Crippen molar-refractivity contribution in [3.05, 3.63) is 155 Å².